The Labute approximate surface area is 155 Å². The predicted octanol–water partition coefficient (Wildman–Crippen LogP) is 4.63. The molecule has 3 nitrogen and oxygen atoms in total. The van der Waals surface area contributed by atoms with E-state index in [4.69, 9.17) is 0 Å². The first-order valence-corrected chi connectivity index (χ1v) is 9.99. The number of carbonyl (C=O) groups is 2. The van der Waals surface area contributed by atoms with Crippen LogP contribution in [0.25, 0.3) is 0 Å². The van der Waals surface area contributed by atoms with E-state index in [2.05, 4.69) is 28.1 Å². The number of nitrogens with zero attached hydrogens (tertiary/aromatic N) is 1. The molecular weight excluding hydrogens is 378 g/mol. The summed E-state index contributed by atoms with van der Waals surface area (Å²) in [5.41, 5.74) is 3.64. The van der Waals surface area contributed by atoms with Gasteiger partial charge in [0, 0.05) is 16.3 Å². The highest BCUT2D eigenvalue weighted by atomic mass is 79.9. The van der Waals surface area contributed by atoms with Gasteiger partial charge in [0.1, 0.15) is 0 Å². The van der Waals surface area contributed by atoms with Gasteiger partial charge < -0.3 is 0 Å². The van der Waals surface area contributed by atoms with Crippen molar-refractivity contribution in [3.05, 3.63) is 52.0 Å². The van der Waals surface area contributed by atoms with E-state index in [0.717, 1.165) is 17.3 Å². The Morgan fingerprint density at radius 3 is 2.16 bits per heavy atom. The van der Waals surface area contributed by atoms with Gasteiger partial charge in [0.2, 0.25) is 11.8 Å². The Bertz CT molecular complexity index is 798. The van der Waals surface area contributed by atoms with Crippen LogP contribution in [0.2, 0.25) is 0 Å². The van der Waals surface area contributed by atoms with Gasteiger partial charge in [0.05, 0.1) is 17.5 Å². The maximum absolute atomic E-state index is 13.2. The van der Waals surface area contributed by atoms with Crippen molar-refractivity contribution in [2.75, 3.05) is 4.90 Å². The van der Waals surface area contributed by atoms with Crippen molar-refractivity contribution in [2.45, 2.75) is 32.1 Å². The average Bonchev–Trinajstić information content (AvgIpc) is 3.25. The smallest absolute Gasteiger partial charge is 0.238 e. The zero-order valence-electron chi connectivity index (χ0n) is 14.0. The molecule has 5 rings (SSSR count). The van der Waals surface area contributed by atoms with Crippen LogP contribution >= 0.6 is 15.9 Å². The fourth-order valence-corrected chi connectivity index (χ4v) is 5.76. The molecule has 0 N–H and O–H groups in total. The zero-order chi connectivity index (χ0) is 17.1. The molecule has 3 fully saturated rings. The molecule has 1 saturated heterocycles. The Hall–Kier alpha value is -1.68. The Morgan fingerprint density at radius 1 is 0.920 bits per heavy atom. The number of imide groups is 1. The minimum Gasteiger partial charge on any atom is -0.274 e. The van der Waals surface area contributed by atoms with Crippen LogP contribution in [0.3, 0.4) is 0 Å². The second-order valence-corrected chi connectivity index (χ2v) is 8.52. The summed E-state index contributed by atoms with van der Waals surface area (Å²) in [5.74, 6) is -0.108. The number of halogens is 1. The number of carbonyl (C=O) groups excluding carboxylic acids is 2. The number of benzene rings is 1. The average molecular weight is 398 g/mol. The number of allylic oxidation sites excluding steroid dienone is 4. The van der Waals surface area contributed by atoms with Gasteiger partial charge in [-0.3, -0.25) is 9.59 Å². The molecule has 2 bridgehead atoms. The summed E-state index contributed by atoms with van der Waals surface area (Å²) in [6.45, 7) is 0. The highest BCUT2D eigenvalue weighted by Crippen LogP contribution is 2.58. The van der Waals surface area contributed by atoms with E-state index in [0.29, 0.717) is 5.69 Å². The van der Waals surface area contributed by atoms with Gasteiger partial charge in [-0.05, 0) is 43.9 Å². The summed E-state index contributed by atoms with van der Waals surface area (Å²) in [6.07, 6.45) is 10.5. The van der Waals surface area contributed by atoms with E-state index in [9.17, 15) is 9.59 Å². The zero-order valence-corrected chi connectivity index (χ0v) is 15.5. The van der Waals surface area contributed by atoms with Crippen LogP contribution in [-0.4, -0.2) is 11.8 Å². The highest BCUT2D eigenvalue weighted by molar-refractivity contribution is 9.10. The molecular formula is C21H20BrNO2. The van der Waals surface area contributed by atoms with E-state index in [-0.39, 0.29) is 35.5 Å². The first-order valence-electron chi connectivity index (χ1n) is 9.20. The SMILES string of the molecule is O=C1[C@@H]2[C@H](C(=O)N1c1cccc(Br)c1)[C@H]1C=C[C@@H]2C1=C1CCCCC1. The van der Waals surface area contributed by atoms with Crippen LogP contribution in [0.15, 0.2) is 52.0 Å². The number of anilines is 1. The molecule has 25 heavy (non-hydrogen) atoms. The number of amides is 2. The van der Waals surface area contributed by atoms with E-state index in [1.807, 2.05) is 24.3 Å². The van der Waals surface area contributed by atoms with E-state index < -0.39 is 0 Å². The molecule has 0 spiro atoms. The first kappa shape index (κ1) is 15.6. The van der Waals surface area contributed by atoms with E-state index in [1.165, 1.54) is 35.3 Å². The maximum Gasteiger partial charge on any atom is 0.238 e. The van der Waals surface area contributed by atoms with Gasteiger partial charge in [-0.2, -0.15) is 0 Å². The molecule has 128 valence electrons. The predicted molar refractivity (Wildman–Crippen MR) is 99.8 cm³/mol. The van der Waals surface area contributed by atoms with Crippen LogP contribution in [0.1, 0.15) is 32.1 Å². The summed E-state index contributed by atoms with van der Waals surface area (Å²) >= 11 is 3.44. The molecule has 0 aromatic heterocycles. The lowest BCUT2D eigenvalue weighted by Crippen LogP contribution is -2.33. The van der Waals surface area contributed by atoms with Crippen molar-refractivity contribution >= 4 is 33.4 Å². The fraction of sp³-hybridized carbons (Fsp3) is 0.429. The van der Waals surface area contributed by atoms with Crippen LogP contribution in [0.4, 0.5) is 5.69 Å². The quantitative estimate of drug-likeness (QED) is 0.511. The molecule has 2 saturated carbocycles. The first-order chi connectivity index (χ1) is 12.2. The molecule has 1 aromatic rings. The Kier molecular flexibility index (Phi) is 3.53. The molecule has 1 aliphatic heterocycles. The maximum atomic E-state index is 13.2. The molecule has 4 heteroatoms. The highest BCUT2D eigenvalue weighted by Gasteiger charge is 2.62. The van der Waals surface area contributed by atoms with Gasteiger partial charge in [-0.25, -0.2) is 4.90 Å². The molecule has 3 aliphatic carbocycles. The van der Waals surface area contributed by atoms with Gasteiger partial charge in [-0.1, -0.05) is 51.7 Å². The van der Waals surface area contributed by atoms with Crippen molar-refractivity contribution in [2.24, 2.45) is 23.7 Å². The van der Waals surface area contributed by atoms with Gasteiger partial charge in [0.25, 0.3) is 0 Å². The molecule has 4 atom stereocenters. The Morgan fingerprint density at radius 2 is 1.56 bits per heavy atom. The van der Waals surface area contributed by atoms with Crippen molar-refractivity contribution in [1.29, 1.82) is 0 Å². The number of hydrogen-bond donors (Lipinski definition) is 0. The molecule has 1 aromatic carbocycles. The molecule has 4 aliphatic rings. The molecule has 2 amide bonds. The largest absolute Gasteiger partial charge is 0.274 e. The van der Waals surface area contributed by atoms with Crippen LogP contribution in [-0.2, 0) is 9.59 Å². The third-order valence-corrected chi connectivity index (χ3v) is 6.84. The van der Waals surface area contributed by atoms with Crippen LogP contribution in [0, 0.1) is 23.7 Å². The summed E-state index contributed by atoms with van der Waals surface area (Å²) in [6, 6.07) is 7.48. The number of rotatable bonds is 1. The minimum absolute atomic E-state index is 0.0149. The minimum atomic E-state index is -0.189. The third kappa shape index (κ3) is 2.16. The third-order valence-electron chi connectivity index (χ3n) is 6.35. The number of fused-ring (bicyclic) bond motifs is 5. The van der Waals surface area contributed by atoms with Crippen LogP contribution < -0.4 is 4.90 Å². The lowest BCUT2D eigenvalue weighted by atomic mass is 9.85. The second kappa shape index (κ2) is 5.66. The van der Waals surface area contributed by atoms with Gasteiger partial charge >= 0.3 is 0 Å². The van der Waals surface area contributed by atoms with Crippen molar-refractivity contribution < 1.29 is 9.59 Å². The van der Waals surface area contributed by atoms with Gasteiger partial charge in [0.15, 0.2) is 0 Å². The second-order valence-electron chi connectivity index (χ2n) is 7.60. The summed E-state index contributed by atoms with van der Waals surface area (Å²) in [5, 5.41) is 0. The molecule has 1 heterocycles. The number of hydrogen-bond acceptors (Lipinski definition) is 2. The van der Waals surface area contributed by atoms with Crippen LogP contribution in [0.5, 0.6) is 0 Å². The molecule has 0 unspecified atom stereocenters. The topological polar surface area (TPSA) is 37.4 Å². The summed E-state index contributed by atoms with van der Waals surface area (Å²) in [7, 11) is 0. The summed E-state index contributed by atoms with van der Waals surface area (Å²) in [4.78, 5) is 27.7. The van der Waals surface area contributed by atoms with Crippen molar-refractivity contribution in [1.82, 2.24) is 0 Å². The van der Waals surface area contributed by atoms with Gasteiger partial charge in [-0.15, -0.1) is 0 Å². The monoisotopic (exact) mass is 397 g/mol. The lowest BCUT2D eigenvalue weighted by molar-refractivity contribution is -0.122. The van der Waals surface area contributed by atoms with Crippen molar-refractivity contribution in [3.63, 3.8) is 0 Å². The Balaban J connectivity index is 1.54. The standard InChI is InChI=1S/C21H20BrNO2/c22-13-7-4-8-14(11-13)23-20(24)18-15-9-10-16(19(18)21(23)25)17(15)12-5-2-1-3-6-12/h4,7-11,15-16,18-19H,1-3,5-6H2/t15-,16+,18+,19-. The summed E-state index contributed by atoms with van der Waals surface area (Å²) < 4.78 is 0.883. The normalized spacial score (nSPS) is 33.6. The van der Waals surface area contributed by atoms with Crippen molar-refractivity contribution in [3.8, 4) is 0 Å². The molecule has 0 radical (unpaired) electrons. The van der Waals surface area contributed by atoms with E-state index >= 15 is 0 Å². The lowest BCUT2D eigenvalue weighted by Gasteiger charge is -2.23. The van der Waals surface area contributed by atoms with E-state index in [1.54, 1.807) is 0 Å². The fourth-order valence-electron chi connectivity index (χ4n) is 5.37.